The van der Waals surface area contributed by atoms with Crippen molar-refractivity contribution in [3.63, 3.8) is 0 Å². The van der Waals surface area contributed by atoms with Gasteiger partial charge in [-0.3, -0.25) is 0 Å². The van der Waals surface area contributed by atoms with E-state index < -0.39 is 0 Å². The van der Waals surface area contributed by atoms with Crippen molar-refractivity contribution in [3.05, 3.63) is 272 Å². The van der Waals surface area contributed by atoms with Gasteiger partial charge in [-0.1, -0.05) is 190 Å². The molecule has 0 unspecified atom stereocenters. The minimum absolute atomic E-state index is 0.0635. The van der Waals surface area contributed by atoms with Gasteiger partial charge in [0.2, 0.25) is 0 Å². The highest BCUT2D eigenvalue weighted by atomic mass is 15.1. The molecule has 0 atom stereocenters. The lowest BCUT2D eigenvalue weighted by atomic mass is 9.82. The van der Waals surface area contributed by atoms with E-state index in [0.29, 0.717) is 0 Å². The monoisotopic (exact) mass is 919 g/mol. The Morgan fingerprint density at radius 3 is 1.15 bits per heavy atom. The summed E-state index contributed by atoms with van der Waals surface area (Å²) in [6.45, 7) is 4.71. The van der Waals surface area contributed by atoms with E-state index in [4.69, 9.17) is 0 Å². The third-order valence-corrected chi connectivity index (χ3v) is 15.3. The van der Waals surface area contributed by atoms with Gasteiger partial charge in [-0.25, -0.2) is 0 Å². The van der Waals surface area contributed by atoms with Crippen molar-refractivity contribution in [2.24, 2.45) is 0 Å². The fraction of sp³-hybridized carbons (Fsp3) is 0.0435. The maximum atomic E-state index is 2.40. The topological polar surface area (TPSA) is 13.1 Å². The molecule has 0 fully saturated rings. The molecule has 13 aromatic rings. The summed E-state index contributed by atoms with van der Waals surface area (Å²) in [7, 11) is 0. The zero-order valence-electron chi connectivity index (χ0n) is 40.2. The van der Waals surface area contributed by atoms with E-state index in [1.165, 1.54) is 99.2 Å². The first-order valence-corrected chi connectivity index (χ1v) is 25.0. The van der Waals surface area contributed by atoms with Crippen LogP contribution >= 0.6 is 0 Å². The molecule has 0 saturated carbocycles. The van der Waals surface area contributed by atoms with Gasteiger partial charge in [0.05, 0.1) is 22.1 Å². The molecular weight excluding hydrogens is 871 g/mol. The van der Waals surface area contributed by atoms with Crippen LogP contribution in [-0.4, -0.2) is 9.13 Å². The normalized spacial score (nSPS) is 12.7. The van der Waals surface area contributed by atoms with Crippen molar-refractivity contribution in [2.45, 2.75) is 19.3 Å². The SMILES string of the molecule is CC1(C)c2ccccc2-c2c(-c3ccc(N(c4ccc(-c5cccc6c5c5ccccc5n6-c5ccccc5)cc4)c4ccc(-c5cccc6c5c5ccccc5n6-c5ccccc5)cc4)cc3)cccc21. The van der Waals surface area contributed by atoms with Gasteiger partial charge in [-0.2, -0.15) is 0 Å². The smallest absolute Gasteiger partial charge is 0.0547 e. The molecule has 3 nitrogen and oxygen atoms in total. The number of benzene rings is 11. The summed E-state index contributed by atoms with van der Waals surface area (Å²) in [6.07, 6.45) is 0. The molecule has 14 rings (SSSR count). The molecule has 0 amide bonds. The van der Waals surface area contributed by atoms with Crippen LogP contribution in [0.3, 0.4) is 0 Å². The first-order valence-electron chi connectivity index (χ1n) is 25.0. The molecule has 340 valence electrons. The number of rotatable bonds is 8. The van der Waals surface area contributed by atoms with E-state index in [0.717, 1.165) is 28.4 Å². The van der Waals surface area contributed by atoms with Gasteiger partial charge >= 0.3 is 0 Å². The average Bonchev–Trinajstić information content (AvgIpc) is 4.05. The third-order valence-electron chi connectivity index (χ3n) is 15.3. The van der Waals surface area contributed by atoms with Gasteiger partial charge < -0.3 is 14.0 Å². The van der Waals surface area contributed by atoms with E-state index in [9.17, 15) is 0 Å². The maximum absolute atomic E-state index is 2.40. The first kappa shape index (κ1) is 41.8. The predicted molar refractivity (Wildman–Crippen MR) is 304 cm³/mol. The summed E-state index contributed by atoms with van der Waals surface area (Å²) in [5, 5.41) is 5.00. The number of hydrogen-bond donors (Lipinski definition) is 0. The average molecular weight is 920 g/mol. The summed E-state index contributed by atoms with van der Waals surface area (Å²) < 4.78 is 4.78. The lowest BCUT2D eigenvalue weighted by Crippen LogP contribution is -2.14. The van der Waals surface area contributed by atoms with Crippen LogP contribution in [-0.2, 0) is 5.41 Å². The van der Waals surface area contributed by atoms with Gasteiger partial charge in [0.25, 0.3) is 0 Å². The largest absolute Gasteiger partial charge is 0.311 e. The molecule has 11 aromatic carbocycles. The molecule has 2 heterocycles. The molecule has 0 bridgehead atoms. The molecule has 2 aromatic heterocycles. The van der Waals surface area contributed by atoms with E-state index >= 15 is 0 Å². The van der Waals surface area contributed by atoms with Crippen LogP contribution < -0.4 is 4.90 Å². The second-order valence-corrected chi connectivity index (χ2v) is 19.7. The minimum atomic E-state index is -0.0635. The molecule has 0 saturated heterocycles. The van der Waals surface area contributed by atoms with Crippen molar-refractivity contribution in [1.29, 1.82) is 0 Å². The molecule has 0 N–H and O–H groups in total. The molecule has 0 spiro atoms. The van der Waals surface area contributed by atoms with Crippen molar-refractivity contribution in [2.75, 3.05) is 4.90 Å². The van der Waals surface area contributed by atoms with Crippen LogP contribution in [0, 0.1) is 0 Å². The van der Waals surface area contributed by atoms with E-state index in [1.54, 1.807) is 0 Å². The van der Waals surface area contributed by atoms with E-state index in [1.807, 2.05) is 0 Å². The summed E-state index contributed by atoms with van der Waals surface area (Å²) in [4.78, 5) is 2.40. The zero-order valence-corrected chi connectivity index (χ0v) is 40.2. The van der Waals surface area contributed by atoms with Crippen molar-refractivity contribution in [1.82, 2.24) is 9.13 Å². The fourth-order valence-electron chi connectivity index (χ4n) is 12.0. The van der Waals surface area contributed by atoms with Crippen molar-refractivity contribution < 1.29 is 0 Å². The zero-order chi connectivity index (χ0) is 47.9. The Kier molecular flexibility index (Phi) is 9.56. The molecule has 0 radical (unpaired) electrons. The van der Waals surface area contributed by atoms with Crippen molar-refractivity contribution in [3.8, 4) is 55.9 Å². The van der Waals surface area contributed by atoms with Gasteiger partial charge in [0, 0.05) is 55.4 Å². The quantitative estimate of drug-likeness (QED) is 0.148. The lowest BCUT2D eigenvalue weighted by Gasteiger charge is -2.26. The molecule has 3 heteroatoms. The summed E-state index contributed by atoms with van der Waals surface area (Å²) >= 11 is 0. The Labute approximate surface area is 419 Å². The number of anilines is 3. The van der Waals surface area contributed by atoms with Gasteiger partial charge in [-0.15, -0.1) is 0 Å². The second-order valence-electron chi connectivity index (χ2n) is 19.7. The minimum Gasteiger partial charge on any atom is -0.311 e. The molecule has 1 aliphatic carbocycles. The number of para-hydroxylation sites is 4. The van der Waals surface area contributed by atoms with Crippen LogP contribution in [0.15, 0.2) is 261 Å². The van der Waals surface area contributed by atoms with Crippen LogP contribution in [0.4, 0.5) is 17.1 Å². The Morgan fingerprint density at radius 1 is 0.292 bits per heavy atom. The maximum Gasteiger partial charge on any atom is 0.0547 e. The predicted octanol–water partition coefficient (Wildman–Crippen LogP) is 18.7. The van der Waals surface area contributed by atoms with Gasteiger partial charge in [-0.05, 0) is 141 Å². The van der Waals surface area contributed by atoms with Crippen LogP contribution in [0.2, 0.25) is 0 Å². The highest BCUT2D eigenvalue weighted by molar-refractivity contribution is 6.17. The second kappa shape index (κ2) is 16.5. The molecule has 72 heavy (non-hydrogen) atoms. The standard InChI is InChI=1S/C69H49N3/c1-69(2)60-28-12-9-22-57(60)66-54(25-15-29-61(66)69)46-34-40-51(41-35-46)70(52-42-36-47(37-43-52)55-26-16-32-64-67(55)58-23-10-13-30-62(58)71(64)49-18-5-3-6-19-49)53-44-38-48(39-45-53)56-27-17-33-65-68(56)59-24-11-14-31-63(59)72(65)50-20-7-4-8-21-50/h3-45H,1-2H3. The summed E-state index contributed by atoms with van der Waals surface area (Å²) in [5.41, 5.74) is 23.0. The number of aromatic nitrogens is 2. The summed E-state index contributed by atoms with van der Waals surface area (Å²) in [6, 6.07) is 95.7. The number of fused-ring (bicyclic) bond motifs is 9. The van der Waals surface area contributed by atoms with E-state index in [2.05, 4.69) is 289 Å². The van der Waals surface area contributed by atoms with E-state index in [-0.39, 0.29) is 5.41 Å². The third kappa shape index (κ3) is 6.44. The first-order chi connectivity index (χ1) is 35.5. The van der Waals surface area contributed by atoms with Crippen LogP contribution in [0.25, 0.3) is 99.5 Å². The molecular formula is C69H49N3. The fourth-order valence-corrected chi connectivity index (χ4v) is 12.0. The number of hydrogen-bond acceptors (Lipinski definition) is 1. The Balaban J connectivity index is 0.893. The Bertz CT molecular complexity index is 4000. The van der Waals surface area contributed by atoms with Gasteiger partial charge in [0.15, 0.2) is 0 Å². The molecule has 0 aliphatic heterocycles. The lowest BCUT2D eigenvalue weighted by molar-refractivity contribution is 0.660. The Hall–Kier alpha value is -9.18. The van der Waals surface area contributed by atoms with Gasteiger partial charge in [0.1, 0.15) is 0 Å². The number of nitrogens with zero attached hydrogens (tertiary/aromatic N) is 3. The van der Waals surface area contributed by atoms with Crippen LogP contribution in [0.5, 0.6) is 0 Å². The molecule has 1 aliphatic rings. The summed E-state index contributed by atoms with van der Waals surface area (Å²) in [5.74, 6) is 0. The highest BCUT2D eigenvalue weighted by Gasteiger charge is 2.36. The highest BCUT2D eigenvalue weighted by Crippen LogP contribution is 2.52. The van der Waals surface area contributed by atoms with Crippen molar-refractivity contribution >= 4 is 60.7 Å². The Morgan fingerprint density at radius 2 is 0.653 bits per heavy atom. The van der Waals surface area contributed by atoms with Crippen LogP contribution in [0.1, 0.15) is 25.0 Å².